The van der Waals surface area contributed by atoms with E-state index >= 15 is 4.39 Å². The van der Waals surface area contributed by atoms with E-state index in [9.17, 15) is 4.79 Å². The second-order valence-corrected chi connectivity index (χ2v) is 9.71. The zero-order chi connectivity index (χ0) is 25.2. The average molecular weight is 466 g/mol. The van der Waals surface area contributed by atoms with Crippen LogP contribution in [0.2, 0.25) is 0 Å². The summed E-state index contributed by atoms with van der Waals surface area (Å²) in [6.07, 6.45) is 3.91. The van der Waals surface area contributed by atoms with E-state index in [4.69, 9.17) is 4.74 Å². The molecule has 182 valence electrons. The molecule has 6 heteroatoms. The highest BCUT2D eigenvalue weighted by molar-refractivity contribution is 6.21. The highest BCUT2D eigenvalue weighted by atomic mass is 19.1. The van der Waals surface area contributed by atoms with Crippen molar-refractivity contribution < 1.29 is 13.9 Å². The maximum atomic E-state index is 15.2. The van der Waals surface area contributed by atoms with Crippen molar-refractivity contribution in [2.45, 2.75) is 45.4 Å². The van der Waals surface area contributed by atoms with E-state index < -0.39 is 11.5 Å². The lowest BCUT2D eigenvalue weighted by Crippen LogP contribution is -2.33. The molecule has 1 amide bonds. The van der Waals surface area contributed by atoms with Gasteiger partial charge in [0, 0.05) is 50.4 Å². The number of halogens is 1. The molecule has 0 N–H and O–H groups in total. The molecule has 0 spiro atoms. The van der Waals surface area contributed by atoms with Crippen LogP contribution in [-0.2, 0) is 10.2 Å². The van der Waals surface area contributed by atoms with Gasteiger partial charge in [0.1, 0.15) is 5.82 Å². The van der Waals surface area contributed by atoms with Gasteiger partial charge in [0.15, 0.2) is 0 Å². The number of rotatable bonds is 7. The summed E-state index contributed by atoms with van der Waals surface area (Å²) in [5.41, 5.74) is 5.63. The number of hydrogen-bond donors (Lipinski definition) is 0. The molecule has 2 aromatic rings. The molecule has 1 aliphatic carbocycles. The monoisotopic (exact) mass is 465 g/mol. The van der Waals surface area contributed by atoms with E-state index in [1.54, 1.807) is 11.0 Å². The average Bonchev–Trinajstić information content (AvgIpc) is 2.78. The summed E-state index contributed by atoms with van der Waals surface area (Å²) in [4.78, 5) is 20.9. The Morgan fingerprint density at radius 1 is 1.09 bits per heavy atom. The van der Waals surface area contributed by atoms with Gasteiger partial charge in [-0.05, 0) is 47.4 Å². The van der Waals surface area contributed by atoms with Crippen LogP contribution < -0.4 is 9.80 Å². The van der Waals surface area contributed by atoms with E-state index in [-0.39, 0.29) is 5.82 Å². The summed E-state index contributed by atoms with van der Waals surface area (Å²) in [6.45, 7) is 10.7. The fourth-order valence-electron chi connectivity index (χ4n) is 4.47. The number of carbonyl (C=O) groups excluding carboxylic acids is 1. The molecule has 34 heavy (non-hydrogen) atoms. The highest BCUT2D eigenvalue weighted by Gasteiger charge is 2.39. The number of benzene rings is 2. The van der Waals surface area contributed by atoms with E-state index in [2.05, 4.69) is 38.4 Å². The van der Waals surface area contributed by atoms with Crippen LogP contribution >= 0.6 is 0 Å². The molecule has 3 rings (SSSR count). The van der Waals surface area contributed by atoms with E-state index in [0.29, 0.717) is 23.6 Å². The molecule has 0 aliphatic heterocycles. The molecule has 0 saturated carbocycles. The molecular weight excluding hydrogens is 429 g/mol. The lowest BCUT2D eigenvalue weighted by atomic mass is 9.67. The van der Waals surface area contributed by atoms with Gasteiger partial charge in [-0.25, -0.2) is 9.18 Å². The third kappa shape index (κ3) is 4.72. The van der Waals surface area contributed by atoms with Gasteiger partial charge in [-0.15, -0.1) is 0 Å². The Morgan fingerprint density at radius 2 is 1.79 bits per heavy atom. The van der Waals surface area contributed by atoms with E-state index in [1.165, 1.54) is 6.07 Å². The fourth-order valence-corrected chi connectivity index (χ4v) is 4.47. The Balaban J connectivity index is 2.29. The molecule has 0 fully saturated rings. The summed E-state index contributed by atoms with van der Waals surface area (Å²) in [5, 5.41) is 0. The van der Waals surface area contributed by atoms with Gasteiger partial charge >= 0.3 is 6.09 Å². The van der Waals surface area contributed by atoms with Crippen LogP contribution in [0, 0.1) is 5.82 Å². The van der Waals surface area contributed by atoms with Gasteiger partial charge in [0.2, 0.25) is 0 Å². The maximum absolute atomic E-state index is 15.2. The Kier molecular flexibility index (Phi) is 7.49. The van der Waals surface area contributed by atoms with Gasteiger partial charge in [-0.2, -0.15) is 4.99 Å². The maximum Gasteiger partial charge on any atom is 0.434 e. The second kappa shape index (κ2) is 10.00. The van der Waals surface area contributed by atoms with Crippen molar-refractivity contribution in [3.05, 3.63) is 64.5 Å². The van der Waals surface area contributed by atoms with Gasteiger partial charge in [0.25, 0.3) is 0 Å². The van der Waals surface area contributed by atoms with Crippen LogP contribution in [0.3, 0.4) is 0 Å². The van der Waals surface area contributed by atoms with Crippen molar-refractivity contribution in [2.75, 3.05) is 44.6 Å². The van der Waals surface area contributed by atoms with Crippen molar-refractivity contribution in [1.82, 2.24) is 0 Å². The number of ether oxygens (including phenoxy) is 1. The summed E-state index contributed by atoms with van der Waals surface area (Å²) in [5.74, 6) is -0.364. The molecule has 0 radical (unpaired) electrons. The van der Waals surface area contributed by atoms with Crippen LogP contribution in [0.1, 0.15) is 67.9 Å². The van der Waals surface area contributed by atoms with Gasteiger partial charge in [0.05, 0.1) is 18.0 Å². The predicted molar refractivity (Wildman–Crippen MR) is 140 cm³/mol. The number of aliphatic imine (C=N–C) groups is 1. The first kappa shape index (κ1) is 25.5. The standard InChI is InChI=1S/C28H36FN3O2/c1-9-11-12-13-34-27(33)30-26-20-16-23(29)24(32(7)8)17-21(20)28(3,4)22-15-19(31(5)6)14-18(10-2)25(22)26/h10,14-17H,2,9,11-13H2,1,3-8H3/b30-26+. The Labute approximate surface area is 202 Å². The fraction of sp³-hybridized carbons (Fsp3) is 0.429. The third-order valence-electron chi connectivity index (χ3n) is 6.47. The Bertz CT molecular complexity index is 1130. The molecule has 0 bridgehead atoms. The molecule has 0 heterocycles. The minimum absolute atomic E-state index is 0.316. The van der Waals surface area contributed by atoms with E-state index in [1.807, 2.05) is 45.2 Å². The number of fused-ring (bicyclic) bond motifs is 2. The predicted octanol–water partition coefficient (Wildman–Crippen LogP) is 6.40. The summed E-state index contributed by atoms with van der Waals surface area (Å²) >= 11 is 0. The molecule has 5 nitrogen and oxygen atoms in total. The van der Waals surface area contributed by atoms with Crippen LogP contribution in [-0.4, -0.2) is 46.6 Å². The second-order valence-electron chi connectivity index (χ2n) is 9.71. The number of carbonyl (C=O) groups is 1. The van der Waals surface area contributed by atoms with Crippen LogP contribution in [0.15, 0.2) is 35.8 Å². The van der Waals surface area contributed by atoms with Crippen LogP contribution in [0.25, 0.3) is 6.08 Å². The first-order valence-electron chi connectivity index (χ1n) is 11.8. The Morgan fingerprint density at radius 3 is 2.38 bits per heavy atom. The van der Waals surface area contributed by atoms with E-state index in [0.717, 1.165) is 47.2 Å². The number of amides is 1. The zero-order valence-corrected chi connectivity index (χ0v) is 21.5. The molecule has 0 unspecified atom stereocenters. The SMILES string of the molecule is C=Cc1cc(N(C)C)cc2c1/C(=N/C(=O)OCCCCC)c1cc(F)c(N(C)C)cc1C2(C)C. The van der Waals surface area contributed by atoms with Crippen LogP contribution in [0.5, 0.6) is 0 Å². The molecule has 2 aromatic carbocycles. The quantitative estimate of drug-likeness (QED) is 0.444. The van der Waals surface area contributed by atoms with Crippen molar-refractivity contribution in [3.63, 3.8) is 0 Å². The van der Waals surface area contributed by atoms with Gasteiger partial charge < -0.3 is 14.5 Å². The van der Waals surface area contributed by atoms with Crippen LogP contribution in [0.4, 0.5) is 20.6 Å². The van der Waals surface area contributed by atoms with Crippen molar-refractivity contribution in [2.24, 2.45) is 4.99 Å². The summed E-state index contributed by atoms with van der Waals surface area (Å²) in [7, 11) is 7.61. The first-order valence-corrected chi connectivity index (χ1v) is 11.8. The number of unbranched alkanes of at least 4 members (excludes halogenated alkanes) is 2. The molecule has 0 atom stereocenters. The number of anilines is 2. The lowest BCUT2D eigenvalue weighted by Gasteiger charge is -2.38. The summed E-state index contributed by atoms with van der Waals surface area (Å²) < 4.78 is 20.6. The number of nitrogens with zero attached hydrogens (tertiary/aromatic N) is 3. The third-order valence-corrected chi connectivity index (χ3v) is 6.47. The normalized spacial score (nSPS) is 14.9. The van der Waals surface area contributed by atoms with Gasteiger partial charge in [-0.3, -0.25) is 0 Å². The smallest absolute Gasteiger partial charge is 0.434 e. The van der Waals surface area contributed by atoms with Gasteiger partial charge in [-0.1, -0.05) is 46.3 Å². The first-order chi connectivity index (χ1) is 16.0. The topological polar surface area (TPSA) is 45.1 Å². The number of hydrogen-bond acceptors (Lipinski definition) is 4. The largest absolute Gasteiger partial charge is 0.448 e. The van der Waals surface area contributed by atoms with Crippen molar-refractivity contribution in [3.8, 4) is 0 Å². The molecule has 0 aromatic heterocycles. The molecular formula is C28H36FN3O2. The van der Waals surface area contributed by atoms with Crippen molar-refractivity contribution in [1.29, 1.82) is 0 Å². The minimum atomic E-state index is -0.661. The highest BCUT2D eigenvalue weighted by Crippen LogP contribution is 2.46. The summed E-state index contributed by atoms with van der Waals surface area (Å²) in [6, 6.07) is 7.49. The Hall–Kier alpha value is -3.15. The molecule has 1 aliphatic rings. The minimum Gasteiger partial charge on any atom is -0.448 e. The van der Waals surface area contributed by atoms with Crippen molar-refractivity contribution >= 4 is 29.3 Å². The lowest BCUT2D eigenvalue weighted by molar-refractivity contribution is 0.155. The molecule has 0 saturated heterocycles. The zero-order valence-electron chi connectivity index (χ0n) is 21.5.